The molecule has 0 aromatic carbocycles. The van der Waals surface area contributed by atoms with Gasteiger partial charge in [0.25, 0.3) is 0 Å². The summed E-state index contributed by atoms with van der Waals surface area (Å²) in [5, 5.41) is 0. The molecule has 0 fully saturated rings. The van der Waals surface area contributed by atoms with Crippen LogP contribution in [0.15, 0.2) is 72.9 Å². The molecule has 0 rings (SSSR count). The number of carbonyl (C=O) groups excluding carboxylic acids is 2. The Morgan fingerprint density at radius 1 is 0.338 bits per heavy atom. The molecule has 0 saturated carbocycles. The van der Waals surface area contributed by atoms with Crippen LogP contribution >= 0.6 is 0 Å². The lowest BCUT2D eigenvalue weighted by atomic mass is 10.0. The molecule has 394 valence electrons. The monoisotopic (exact) mass is 949 g/mol. The van der Waals surface area contributed by atoms with Gasteiger partial charge < -0.3 is 14.2 Å². The van der Waals surface area contributed by atoms with Crippen LogP contribution in [-0.4, -0.2) is 37.9 Å². The zero-order chi connectivity index (χ0) is 49.2. The van der Waals surface area contributed by atoms with E-state index in [-0.39, 0.29) is 25.2 Å². The van der Waals surface area contributed by atoms with Gasteiger partial charge in [-0.25, -0.2) is 0 Å². The van der Waals surface area contributed by atoms with Crippen molar-refractivity contribution in [3.63, 3.8) is 0 Å². The first kappa shape index (κ1) is 65.3. The maximum atomic E-state index is 12.8. The van der Waals surface area contributed by atoms with Gasteiger partial charge in [0.15, 0.2) is 6.10 Å². The predicted molar refractivity (Wildman–Crippen MR) is 297 cm³/mol. The quantitative estimate of drug-likeness (QED) is 0.0345. The lowest BCUT2D eigenvalue weighted by molar-refractivity contribution is -0.163. The van der Waals surface area contributed by atoms with Gasteiger partial charge in [-0.3, -0.25) is 9.59 Å². The van der Waals surface area contributed by atoms with E-state index < -0.39 is 6.10 Å². The van der Waals surface area contributed by atoms with Gasteiger partial charge in [-0.1, -0.05) is 261 Å². The number of unbranched alkanes of at least 4 members (excludes halogenated alkanes) is 31. The fourth-order valence-corrected chi connectivity index (χ4v) is 8.36. The summed E-state index contributed by atoms with van der Waals surface area (Å²) >= 11 is 0. The molecule has 0 aliphatic heterocycles. The van der Waals surface area contributed by atoms with Crippen LogP contribution in [0.3, 0.4) is 0 Å². The van der Waals surface area contributed by atoms with Gasteiger partial charge in [0.2, 0.25) is 0 Å². The summed E-state index contributed by atoms with van der Waals surface area (Å²) in [5.41, 5.74) is 0. The molecule has 0 N–H and O–H groups in total. The van der Waals surface area contributed by atoms with Crippen LogP contribution in [0.1, 0.15) is 290 Å². The van der Waals surface area contributed by atoms with E-state index in [2.05, 4.69) is 93.7 Å². The maximum Gasteiger partial charge on any atom is 0.306 e. The van der Waals surface area contributed by atoms with Crippen LogP contribution < -0.4 is 0 Å². The normalized spacial score (nSPS) is 12.7. The Hall–Kier alpha value is -2.66. The Bertz CT molecular complexity index is 1210. The van der Waals surface area contributed by atoms with Crippen molar-refractivity contribution in [2.45, 2.75) is 297 Å². The van der Waals surface area contributed by atoms with Gasteiger partial charge in [0.1, 0.15) is 6.61 Å². The van der Waals surface area contributed by atoms with Crippen molar-refractivity contribution in [3.05, 3.63) is 72.9 Å². The number of hydrogen-bond acceptors (Lipinski definition) is 5. The molecule has 1 atom stereocenters. The third kappa shape index (κ3) is 55.9. The fraction of sp³-hybridized carbons (Fsp3) is 0.778. The van der Waals surface area contributed by atoms with E-state index in [1.807, 2.05) is 0 Å². The molecule has 0 spiro atoms. The molecule has 5 heteroatoms. The number of carbonyl (C=O) groups is 2. The third-order valence-electron chi connectivity index (χ3n) is 12.7. The second kappa shape index (κ2) is 58.7. The Labute approximate surface area is 423 Å². The van der Waals surface area contributed by atoms with Gasteiger partial charge in [0.05, 0.1) is 6.61 Å². The second-order valence-corrected chi connectivity index (χ2v) is 19.5. The first-order valence-corrected chi connectivity index (χ1v) is 29.5. The molecule has 0 heterocycles. The minimum absolute atomic E-state index is 0.0650. The molecular formula is C63H112O5. The molecular weight excluding hydrogens is 837 g/mol. The minimum atomic E-state index is -0.562. The smallest absolute Gasteiger partial charge is 0.306 e. The molecule has 0 radical (unpaired) electrons. The molecule has 1 unspecified atom stereocenters. The molecule has 0 aliphatic rings. The van der Waals surface area contributed by atoms with Crippen LogP contribution in [0.4, 0.5) is 0 Å². The predicted octanol–water partition coefficient (Wildman–Crippen LogP) is 20.2. The summed E-state index contributed by atoms with van der Waals surface area (Å²) in [6.45, 7) is 7.68. The molecule has 68 heavy (non-hydrogen) atoms. The fourth-order valence-electron chi connectivity index (χ4n) is 8.36. The molecule has 5 nitrogen and oxygen atoms in total. The van der Waals surface area contributed by atoms with Crippen molar-refractivity contribution in [1.82, 2.24) is 0 Å². The summed E-state index contributed by atoms with van der Waals surface area (Å²) in [7, 11) is 0. The number of esters is 2. The molecule has 0 aromatic heterocycles. The highest BCUT2D eigenvalue weighted by Crippen LogP contribution is 2.16. The zero-order valence-electron chi connectivity index (χ0n) is 45.4. The average molecular weight is 950 g/mol. The Balaban J connectivity index is 4.29. The summed E-state index contributed by atoms with van der Waals surface area (Å²) in [5.74, 6) is -0.444. The van der Waals surface area contributed by atoms with Gasteiger partial charge in [0, 0.05) is 19.4 Å². The van der Waals surface area contributed by atoms with Crippen LogP contribution in [0, 0.1) is 0 Å². The topological polar surface area (TPSA) is 61.8 Å². The SMILES string of the molecule is CC/C=C\C/C=C\C/C=C\C/C=C\CCCCC(=O)OC(COCCCCCCCCCCCCCCCCCCCCCC)COC(=O)CCCCCCCCC/C=C\C/C=C\CCCCC. The van der Waals surface area contributed by atoms with Crippen molar-refractivity contribution < 1.29 is 23.8 Å². The van der Waals surface area contributed by atoms with E-state index in [1.54, 1.807) is 0 Å². The summed E-state index contributed by atoms with van der Waals surface area (Å²) in [6.07, 6.45) is 76.5. The van der Waals surface area contributed by atoms with E-state index in [4.69, 9.17) is 14.2 Å². The number of rotatable bonds is 54. The molecule has 0 bridgehead atoms. The first-order valence-electron chi connectivity index (χ1n) is 29.5. The zero-order valence-corrected chi connectivity index (χ0v) is 45.4. The van der Waals surface area contributed by atoms with E-state index >= 15 is 0 Å². The minimum Gasteiger partial charge on any atom is -0.462 e. The highest BCUT2D eigenvalue weighted by Gasteiger charge is 2.17. The van der Waals surface area contributed by atoms with Gasteiger partial charge in [-0.15, -0.1) is 0 Å². The number of allylic oxidation sites excluding steroid dienone is 12. The van der Waals surface area contributed by atoms with E-state index in [0.717, 1.165) is 83.5 Å². The average Bonchev–Trinajstić information content (AvgIpc) is 3.34. The Morgan fingerprint density at radius 3 is 1.12 bits per heavy atom. The molecule has 0 aromatic rings. The Morgan fingerprint density at radius 2 is 0.662 bits per heavy atom. The third-order valence-corrected chi connectivity index (χ3v) is 12.7. The summed E-state index contributed by atoms with van der Waals surface area (Å²) < 4.78 is 17.5. The van der Waals surface area contributed by atoms with E-state index in [0.29, 0.717) is 19.4 Å². The second-order valence-electron chi connectivity index (χ2n) is 19.5. The van der Waals surface area contributed by atoms with Crippen molar-refractivity contribution in [2.75, 3.05) is 19.8 Å². The maximum absolute atomic E-state index is 12.8. The van der Waals surface area contributed by atoms with Gasteiger partial charge in [-0.2, -0.15) is 0 Å². The van der Waals surface area contributed by atoms with Crippen LogP contribution in [0.25, 0.3) is 0 Å². The van der Waals surface area contributed by atoms with Gasteiger partial charge in [-0.05, 0) is 89.9 Å². The summed E-state index contributed by atoms with van der Waals surface area (Å²) in [6, 6.07) is 0. The first-order chi connectivity index (χ1) is 33.6. The Kier molecular flexibility index (Phi) is 56.4. The number of hydrogen-bond donors (Lipinski definition) is 0. The van der Waals surface area contributed by atoms with Crippen molar-refractivity contribution in [3.8, 4) is 0 Å². The van der Waals surface area contributed by atoms with Crippen molar-refractivity contribution >= 4 is 11.9 Å². The molecule has 0 amide bonds. The molecule has 0 aliphatic carbocycles. The highest BCUT2D eigenvalue weighted by atomic mass is 16.6. The van der Waals surface area contributed by atoms with Gasteiger partial charge >= 0.3 is 11.9 Å². The van der Waals surface area contributed by atoms with Crippen LogP contribution in [-0.2, 0) is 23.8 Å². The van der Waals surface area contributed by atoms with Crippen LogP contribution in [0.5, 0.6) is 0 Å². The molecule has 0 saturated heterocycles. The van der Waals surface area contributed by atoms with Crippen molar-refractivity contribution in [2.24, 2.45) is 0 Å². The summed E-state index contributed by atoms with van der Waals surface area (Å²) in [4.78, 5) is 25.5. The van der Waals surface area contributed by atoms with E-state index in [9.17, 15) is 9.59 Å². The largest absolute Gasteiger partial charge is 0.462 e. The lowest BCUT2D eigenvalue weighted by Gasteiger charge is -2.18. The standard InChI is InChI=1S/C63H112O5/c1-4-7-10-13-16-19-22-25-28-30-31-32-34-37-40-43-46-49-52-55-58-66-59-61(68-63(65)57-54-51-48-45-42-39-35-27-24-21-18-15-12-9-6-3)60-67-62(64)56-53-50-47-44-41-38-36-33-29-26-23-20-17-14-11-8-5-2/h9,12,17-18,20-21,26-27,29,35,42,45,61H,4-8,10-11,13-16,19,22-25,28,30-34,36-41,43-44,46-60H2,1-3H3/b12-9-,20-17-,21-18-,29-26-,35-27-,45-42-. The van der Waals surface area contributed by atoms with Crippen LogP contribution in [0.2, 0.25) is 0 Å². The number of ether oxygens (including phenoxy) is 3. The lowest BCUT2D eigenvalue weighted by Crippen LogP contribution is -2.30. The van der Waals surface area contributed by atoms with Crippen molar-refractivity contribution in [1.29, 1.82) is 0 Å². The van der Waals surface area contributed by atoms with E-state index in [1.165, 1.54) is 173 Å². The highest BCUT2D eigenvalue weighted by molar-refractivity contribution is 5.70.